The summed E-state index contributed by atoms with van der Waals surface area (Å²) in [5, 5.41) is 12.7. The molecule has 0 fully saturated rings. The molecule has 0 saturated carbocycles. The Morgan fingerprint density at radius 1 is 1.25 bits per heavy atom. The molecular formula is C23H29N7O2. The highest BCUT2D eigenvalue weighted by Crippen LogP contribution is 2.20. The fourth-order valence-corrected chi connectivity index (χ4v) is 3.03. The molecule has 0 radical (unpaired) electrons. The van der Waals surface area contributed by atoms with Gasteiger partial charge in [-0.25, -0.2) is 5.01 Å². The van der Waals surface area contributed by atoms with E-state index in [-0.39, 0.29) is 5.91 Å². The first kappa shape index (κ1) is 23.0. The molecule has 2 heterocycles. The highest BCUT2D eigenvalue weighted by Gasteiger charge is 2.11. The third kappa shape index (κ3) is 5.93. The first-order valence-corrected chi connectivity index (χ1v) is 10.2. The van der Waals surface area contributed by atoms with Crippen molar-refractivity contribution in [2.75, 3.05) is 33.2 Å². The van der Waals surface area contributed by atoms with Crippen LogP contribution < -0.4 is 10.9 Å². The Balaban J connectivity index is 1.64. The van der Waals surface area contributed by atoms with Crippen LogP contribution in [0.1, 0.15) is 28.7 Å². The second-order valence-corrected chi connectivity index (χ2v) is 7.37. The number of hydrogen-bond donors (Lipinski definition) is 4. The lowest BCUT2D eigenvalue weighted by molar-refractivity contribution is 0.0830. The zero-order valence-corrected chi connectivity index (χ0v) is 18.8. The van der Waals surface area contributed by atoms with Crippen molar-refractivity contribution in [2.45, 2.75) is 13.5 Å². The minimum atomic E-state index is -0.179. The fourth-order valence-electron chi connectivity index (χ4n) is 3.03. The molecule has 0 aliphatic heterocycles. The number of methoxy groups -OCH3 is 1. The minimum absolute atomic E-state index is 0.179. The first-order valence-electron chi connectivity index (χ1n) is 10.2. The van der Waals surface area contributed by atoms with E-state index in [1.807, 2.05) is 57.4 Å². The smallest absolute Gasteiger partial charge is 0.281 e. The highest BCUT2D eigenvalue weighted by molar-refractivity contribution is 6.05. The van der Waals surface area contributed by atoms with E-state index in [4.69, 9.17) is 10.1 Å². The second kappa shape index (κ2) is 10.6. The quantitative estimate of drug-likeness (QED) is 0.288. The normalized spacial score (nSPS) is 11.3. The molecule has 0 bridgehead atoms. The number of nitrogens with zero attached hydrogens (tertiary/aromatic N) is 3. The highest BCUT2D eigenvalue weighted by atomic mass is 16.5. The lowest BCUT2D eigenvalue weighted by atomic mass is 10.2. The van der Waals surface area contributed by atoms with Crippen LogP contribution in [-0.4, -0.2) is 59.4 Å². The number of benzene rings is 1. The standard InChI is InChI=1S/C23H29N7O2/c1-5-29(2)28-23(31)22-14-17-13-18(6-7-20(17)26-22)27-30(3)11-9-19(24)21-12-16(15-32-4)8-10-25-21/h6-14,24,26-27H,5,15H2,1-4H3,(H,28,31)/b11-9-,24-19?. The number of ether oxygens (including phenoxy) is 1. The predicted octanol–water partition coefficient (Wildman–Crippen LogP) is 3.15. The predicted molar refractivity (Wildman–Crippen MR) is 126 cm³/mol. The number of hydrazine groups is 2. The largest absolute Gasteiger partial charge is 0.380 e. The summed E-state index contributed by atoms with van der Waals surface area (Å²) in [7, 11) is 5.30. The van der Waals surface area contributed by atoms with E-state index in [2.05, 4.69) is 20.8 Å². The molecule has 9 heteroatoms. The summed E-state index contributed by atoms with van der Waals surface area (Å²) in [6, 6.07) is 11.3. The van der Waals surface area contributed by atoms with Gasteiger partial charge >= 0.3 is 0 Å². The molecule has 32 heavy (non-hydrogen) atoms. The molecule has 168 valence electrons. The molecular weight excluding hydrogens is 406 g/mol. The molecule has 1 amide bonds. The van der Waals surface area contributed by atoms with Gasteiger partial charge in [0.15, 0.2) is 0 Å². The van der Waals surface area contributed by atoms with E-state index in [9.17, 15) is 4.79 Å². The molecule has 3 rings (SSSR count). The summed E-state index contributed by atoms with van der Waals surface area (Å²) in [4.78, 5) is 19.7. The van der Waals surface area contributed by atoms with E-state index in [1.165, 1.54) is 0 Å². The maximum atomic E-state index is 12.3. The van der Waals surface area contributed by atoms with Crippen LogP contribution in [0.2, 0.25) is 0 Å². The van der Waals surface area contributed by atoms with Gasteiger partial charge in [0, 0.05) is 51.0 Å². The minimum Gasteiger partial charge on any atom is -0.380 e. The number of nitrogens with one attached hydrogen (secondary N) is 4. The van der Waals surface area contributed by atoms with Crippen LogP contribution in [0.5, 0.6) is 0 Å². The lowest BCUT2D eigenvalue weighted by Gasteiger charge is -2.17. The van der Waals surface area contributed by atoms with Crippen LogP contribution in [0.15, 0.2) is 54.9 Å². The maximum absolute atomic E-state index is 12.3. The Labute approximate surface area is 187 Å². The molecule has 0 atom stereocenters. The summed E-state index contributed by atoms with van der Waals surface area (Å²) < 4.78 is 5.13. The average Bonchev–Trinajstić information content (AvgIpc) is 3.21. The van der Waals surface area contributed by atoms with Gasteiger partial charge in [-0.1, -0.05) is 6.92 Å². The number of allylic oxidation sites excluding steroid dienone is 1. The van der Waals surface area contributed by atoms with Crippen molar-refractivity contribution in [3.05, 3.63) is 71.8 Å². The number of amides is 1. The maximum Gasteiger partial charge on any atom is 0.281 e. The molecule has 4 N–H and O–H groups in total. The Kier molecular flexibility index (Phi) is 7.58. The van der Waals surface area contributed by atoms with E-state index in [0.717, 1.165) is 22.2 Å². The number of carbonyl (C=O) groups is 1. The van der Waals surface area contributed by atoms with E-state index >= 15 is 0 Å². The summed E-state index contributed by atoms with van der Waals surface area (Å²) in [5.74, 6) is -0.179. The van der Waals surface area contributed by atoms with Gasteiger partial charge in [0.25, 0.3) is 5.91 Å². The number of anilines is 1. The monoisotopic (exact) mass is 435 g/mol. The van der Waals surface area contributed by atoms with Gasteiger partial charge < -0.3 is 9.72 Å². The van der Waals surface area contributed by atoms with E-state index in [0.29, 0.717) is 30.3 Å². The zero-order valence-electron chi connectivity index (χ0n) is 18.8. The number of aromatic nitrogens is 2. The number of pyridine rings is 1. The summed E-state index contributed by atoms with van der Waals surface area (Å²) >= 11 is 0. The van der Waals surface area contributed by atoms with Crippen molar-refractivity contribution in [1.82, 2.24) is 25.4 Å². The van der Waals surface area contributed by atoms with Gasteiger partial charge in [0.1, 0.15) is 5.69 Å². The topological polar surface area (TPSA) is 109 Å². The second-order valence-electron chi connectivity index (χ2n) is 7.37. The number of fused-ring (bicyclic) bond motifs is 1. The van der Waals surface area contributed by atoms with Crippen LogP contribution in [0.4, 0.5) is 5.69 Å². The summed E-state index contributed by atoms with van der Waals surface area (Å²) in [5.41, 5.74) is 10.1. The average molecular weight is 436 g/mol. The molecule has 3 aromatic rings. The van der Waals surface area contributed by atoms with Gasteiger partial charge in [0.05, 0.1) is 23.7 Å². The SMILES string of the molecule is CCN(C)NC(=O)c1cc2cc(NN(C)/C=C\C(=N)c3cc(COC)ccn3)ccc2[nH]1. The van der Waals surface area contributed by atoms with Crippen molar-refractivity contribution >= 4 is 28.2 Å². The molecule has 0 spiro atoms. The van der Waals surface area contributed by atoms with Gasteiger partial charge in [-0.3, -0.25) is 31.0 Å². The van der Waals surface area contributed by atoms with Crippen molar-refractivity contribution in [3.63, 3.8) is 0 Å². The van der Waals surface area contributed by atoms with Crippen molar-refractivity contribution < 1.29 is 9.53 Å². The fraction of sp³-hybridized carbons (Fsp3) is 0.261. The Hall–Kier alpha value is -3.69. The molecule has 2 aromatic heterocycles. The van der Waals surface area contributed by atoms with E-state index < -0.39 is 0 Å². The molecule has 1 aromatic carbocycles. The van der Waals surface area contributed by atoms with Gasteiger partial charge in [-0.2, -0.15) is 0 Å². The van der Waals surface area contributed by atoms with Crippen LogP contribution >= 0.6 is 0 Å². The van der Waals surface area contributed by atoms with Gasteiger partial charge in [0.2, 0.25) is 0 Å². The number of hydrogen-bond acceptors (Lipinski definition) is 7. The van der Waals surface area contributed by atoms with Crippen LogP contribution in [0.25, 0.3) is 10.9 Å². The third-order valence-electron chi connectivity index (χ3n) is 4.81. The van der Waals surface area contributed by atoms with Crippen LogP contribution in [0, 0.1) is 5.41 Å². The molecule has 0 unspecified atom stereocenters. The molecule has 9 nitrogen and oxygen atoms in total. The Morgan fingerprint density at radius 2 is 2.06 bits per heavy atom. The van der Waals surface area contributed by atoms with Gasteiger partial charge in [-0.05, 0) is 48.0 Å². The lowest BCUT2D eigenvalue weighted by Crippen LogP contribution is -2.39. The third-order valence-corrected chi connectivity index (χ3v) is 4.81. The molecule has 0 aliphatic rings. The number of rotatable bonds is 10. The van der Waals surface area contributed by atoms with Crippen molar-refractivity contribution in [1.29, 1.82) is 5.41 Å². The van der Waals surface area contributed by atoms with Crippen molar-refractivity contribution in [2.24, 2.45) is 0 Å². The Morgan fingerprint density at radius 3 is 2.81 bits per heavy atom. The number of H-pyrrole nitrogens is 1. The summed E-state index contributed by atoms with van der Waals surface area (Å²) in [6.45, 7) is 3.16. The van der Waals surface area contributed by atoms with Crippen LogP contribution in [-0.2, 0) is 11.3 Å². The zero-order chi connectivity index (χ0) is 23.1. The molecule has 0 saturated heterocycles. The molecule has 0 aliphatic carbocycles. The van der Waals surface area contributed by atoms with E-state index in [1.54, 1.807) is 35.6 Å². The Bertz CT molecular complexity index is 1120. The van der Waals surface area contributed by atoms with Gasteiger partial charge in [-0.15, -0.1) is 0 Å². The number of carbonyl (C=O) groups excluding carboxylic acids is 1. The number of aromatic amines is 1. The first-order chi connectivity index (χ1) is 15.4. The van der Waals surface area contributed by atoms with Crippen LogP contribution in [0.3, 0.4) is 0 Å². The summed E-state index contributed by atoms with van der Waals surface area (Å²) in [6.07, 6.45) is 5.11. The van der Waals surface area contributed by atoms with Crippen molar-refractivity contribution in [3.8, 4) is 0 Å².